The van der Waals surface area contributed by atoms with Gasteiger partial charge in [0.05, 0.1) is 18.4 Å². The number of carbonyl (C=O) groups excluding carboxylic acids is 2. The molecule has 0 bridgehead atoms. The van der Waals surface area contributed by atoms with E-state index in [1.165, 1.54) is 11.0 Å². The first-order valence-electron chi connectivity index (χ1n) is 9.97. The van der Waals surface area contributed by atoms with Crippen molar-refractivity contribution >= 4 is 27.4 Å². The Morgan fingerprint density at radius 2 is 1.87 bits per heavy atom. The Hall–Kier alpha value is -3.13. The highest BCUT2D eigenvalue weighted by atomic mass is 32.2. The van der Waals surface area contributed by atoms with Gasteiger partial charge in [-0.25, -0.2) is 8.42 Å². The van der Waals surface area contributed by atoms with Gasteiger partial charge in [0.25, 0.3) is 5.91 Å². The lowest BCUT2D eigenvalue weighted by Gasteiger charge is -2.27. The number of esters is 1. The number of anilines is 1. The predicted molar refractivity (Wildman–Crippen MR) is 118 cm³/mol. The van der Waals surface area contributed by atoms with Crippen LogP contribution >= 0.6 is 0 Å². The highest BCUT2D eigenvalue weighted by molar-refractivity contribution is 7.94. The van der Waals surface area contributed by atoms with Gasteiger partial charge < -0.3 is 14.4 Å². The van der Waals surface area contributed by atoms with E-state index in [-0.39, 0.29) is 12.2 Å². The topological polar surface area (TPSA) is 90.0 Å². The van der Waals surface area contributed by atoms with Crippen LogP contribution in [0.5, 0.6) is 5.75 Å². The Balaban J connectivity index is 1.50. The Labute approximate surface area is 182 Å². The molecule has 7 nitrogen and oxygen atoms in total. The molecule has 1 aliphatic rings. The van der Waals surface area contributed by atoms with Gasteiger partial charge in [0, 0.05) is 17.5 Å². The van der Waals surface area contributed by atoms with Crippen LogP contribution in [0.15, 0.2) is 66.1 Å². The molecule has 0 spiro atoms. The number of benzene rings is 2. The average Bonchev–Trinajstić information content (AvgIpc) is 3.10. The minimum Gasteiger partial charge on any atom is -0.494 e. The first-order chi connectivity index (χ1) is 14.8. The molecule has 1 heterocycles. The summed E-state index contributed by atoms with van der Waals surface area (Å²) < 4.78 is 34.4. The van der Waals surface area contributed by atoms with Crippen molar-refractivity contribution in [3.05, 3.63) is 71.6 Å². The van der Waals surface area contributed by atoms with Crippen LogP contribution in [0.2, 0.25) is 0 Å². The second-order valence-corrected chi connectivity index (χ2v) is 9.19. The highest BCUT2D eigenvalue weighted by Crippen LogP contribution is 2.23. The number of amides is 1. The fraction of sp³-hybridized carbons (Fsp3) is 0.304. The SMILES string of the molecule is Cc1cccc(OCCCC(=O)OCC(=O)N(c2ccccc2)C2C=CS(=O)(=O)C2)c1. The summed E-state index contributed by atoms with van der Waals surface area (Å²) in [6.45, 7) is 1.86. The Bertz CT molecular complexity index is 1050. The van der Waals surface area contributed by atoms with Crippen LogP contribution < -0.4 is 9.64 Å². The third kappa shape index (κ3) is 6.68. The van der Waals surface area contributed by atoms with Gasteiger partial charge in [-0.1, -0.05) is 30.3 Å². The molecule has 164 valence electrons. The van der Waals surface area contributed by atoms with Gasteiger partial charge in [-0.05, 0) is 49.2 Å². The lowest BCUT2D eigenvalue weighted by atomic mass is 10.2. The molecule has 0 saturated heterocycles. The van der Waals surface area contributed by atoms with E-state index in [4.69, 9.17) is 9.47 Å². The number of ether oxygens (including phenoxy) is 2. The largest absolute Gasteiger partial charge is 0.494 e. The first kappa shape index (κ1) is 22.6. The van der Waals surface area contributed by atoms with Crippen molar-refractivity contribution in [2.24, 2.45) is 0 Å². The zero-order valence-corrected chi connectivity index (χ0v) is 18.1. The minimum atomic E-state index is -3.35. The number of carbonyl (C=O) groups is 2. The van der Waals surface area contributed by atoms with Gasteiger partial charge in [0.1, 0.15) is 5.75 Å². The Morgan fingerprint density at radius 1 is 1.10 bits per heavy atom. The van der Waals surface area contributed by atoms with Crippen molar-refractivity contribution in [3.8, 4) is 5.75 Å². The smallest absolute Gasteiger partial charge is 0.306 e. The van der Waals surface area contributed by atoms with Gasteiger partial charge in [-0.2, -0.15) is 0 Å². The fourth-order valence-electron chi connectivity index (χ4n) is 3.22. The molecule has 0 fully saturated rings. The second-order valence-electron chi connectivity index (χ2n) is 7.25. The zero-order valence-electron chi connectivity index (χ0n) is 17.3. The van der Waals surface area contributed by atoms with Crippen molar-refractivity contribution in [1.82, 2.24) is 0 Å². The molecule has 0 aliphatic carbocycles. The molecule has 1 atom stereocenters. The monoisotopic (exact) mass is 443 g/mol. The molecule has 2 aromatic rings. The van der Waals surface area contributed by atoms with Crippen molar-refractivity contribution in [1.29, 1.82) is 0 Å². The molecule has 31 heavy (non-hydrogen) atoms. The molecule has 2 aromatic carbocycles. The third-order valence-electron chi connectivity index (χ3n) is 4.69. The van der Waals surface area contributed by atoms with Crippen LogP contribution in [0.25, 0.3) is 0 Å². The number of para-hydroxylation sites is 1. The number of aryl methyl sites for hydroxylation is 1. The molecule has 1 aliphatic heterocycles. The molecule has 0 radical (unpaired) electrons. The van der Waals surface area contributed by atoms with Crippen LogP contribution in [-0.2, 0) is 24.2 Å². The quantitative estimate of drug-likeness (QED) is 0.437. The third-order valence-corrected chi connectivity index (χ3v) is 6.06. The molecule has 0 N–H and O–H groups in total. The lowest BCUT2D eigenvalue weighted by Crippen LogP contribution is -2.43. The number of hydrogen-bond donors (Lipinski definition) is 0. The second kappa shape index (κ2) is 10.3. The summed E-state index contributed by atoms with van der Waals surface area (Å²) >= 11 is 0. The maximum atomic E-state index is 12.8. The highest BCUT2D eigenvalue weighted by Gasteiger charge is 2.31. The molecular weight excluding hydrogens is 418 g/mol. The van der Waals surface area contributed by atoms with Gasteiger partial charge in [-0.3, -0.25) is 9.59 Å². The normalized spacial score (nSPS) is 16.6. The van der Waals surface area contributed by atoms with E-state index in [2.05, 4.69) is 0 Å². The first-order valence-corrected chi connectivity index (χ1v) is 11.7. The summed E-state index contributed by atoms with van der Waals surface area (Å²) in [5.74, 6) is -0.453. The predicted octanol–water partition coefficient (Wildman–Crippen LogP) is 3.04. The van der Waals surface area contributed by atoms with E-state index < -0.39 is 34.4 Å². The number of hydrogen-bond acceptors (Lipinski definition) is 6. The Morgan fingerprint density at radius 3 is 2.55 bits per heavy atom. The number of nitrogens with zero attached hydrogens (tertiary/aromatic N) is 1. The van der Waals surface area contributed by atoms with Crippen molar-refractivity contribution in [2.45, 2.75) is 25.8 Å². The summed E-state index contributed by atoms with van der Waals surface area (Å²) in [7, 11) is -3.35. The van der Waals surface area contributed by atoms with Crippen molar-refractivity contribution < 1.29 is 27.5 Å². The minimum absolute atomic E-state index is 0.113. The van der Waals surface area contributed by atoms with Gasteiger partial charge >= 0.3 is 5.97 Å². The Kier molecular flexibility index (Phi) is 7.46. The number of rotatable bonds is 9. The van der Waals surface area contributed by atoms with E-state index in [1.807, 2.05) is 31.2 Å². The van der Waals surface area contributed by atoms with Crippen molar-refractivity contribution in [3.63, 3.8) is 0 Å². The summed E-state index contributed by atoms with van der Waals surface area (Å²) in [4.78, 5) is 26.2. The fourth-order valence-corrected chi connectivity index (χ4v) is 4.49. The summed E-state index contributed by atoms with van der Waals surface area (Å²) in [6, 6.07) is 15.7. The lowest BCUT2D eigenvalue weighted by molar-refractivity contribution is -0.148. The van der Waals surface area contributed by atoms with Crippen LogP contribution in [0, 0.1) is 6.92 Å². The van der Waals surface area contributed by atoms with Gasteiger partial charge in [0.15, 0.2) is 16.4 Å². The molecule has 3 rings (SSSR count). The molecule has 1 unspecified atom stereocenters. The summed E-state index contributed by atoms with van der Waals surface area (Å²) in [5, 5.41) is 1.11. The van der Waals surface area contributed by atoms with Gasteiger partial charge in [0.2, 0.25) is 0 Å². The molecule has 1 amide bonds. The van der Waals surface area contributed by atoms with E-state index in [0.29, 0.717) is 18.7 Å². The standard InChI is InChI=1S/C23H25NO6S/c1-18-7-5-10-21(15-18)29-13-6-11-23(26)30-16-22(25)24(19-8-3-2-4-9-19)20-12-14-31(27,28)17-20/h2-5,7-10,12,14-15,20H,6,11,13,16-17H2,1H3. The maximum Gasteiger partial charge on any atom is 0.306 e. The van der Waals surface area contributed by atoms with Gasteiger partial charge in [-0.15, -0.1) is 0 Å². The van der Waals surface area contributed by atoms with Crippen LogP contribution in [0.4, 0.5) is 5.69 Å². The van der Waals surface area contributed by atoms with Crippen molar-refractivity contribution in [2.75, 3.05) is 23.9 Å². The molecular formula is C23H25NO6S. The van der Waals surface area contributed by atoms with Crippen LogP contribution in [0.3, 0.4) is 0 Å². The van der Waals surface area contributed by atoms with E-state index >= 15 is 0 Å². The zero-order chi connectivity index (χ0) is 22.3. The van der Waals surface area contributed by atoms with E-state index in [1.54, 1.807) is 30.3 Å². The molecule has 0 aromatic heterocycles. The molecule has 0 saturated carbocycles. The average molecular weight is 444 g/mol. The van der Waals surface area contributed by atoms with Crippen LogP contribution in [-0.4, -0.2) is 45.3 Å². The van der Waals surface area contributed by atoms with E-state index in [0.717, 1.165) is 16.7 Å². The van der Waals surface area contributed by atoms with Crippen LogP contribution in [0.1, 0.15) is 18.4 Å². The number of sulfone groups is 1. The molecule has 8 heteroatoms. The summed E-state index contributed by atoms with van der Waals surface area (Å²) in [5.41, 5.74) is 1.63. The summed E-state index contributed by atoms with van der Waals surface area (Å²) in [6.07, 6.45) is 2.04. The maximum absolute atomic E-state index is 12.8. The van der Waals surface area contributed by atoms with E-state index in [9.17, 15) is 18.0 Å².